The summed E-state index contributed by atoms with van der Waals surface area (Å²) in [5.74, 6) is 0.215. The first-order valence-corrected chi connectivity index (χ1v) is 14.8. The van der Waals surface area contributed by atoms with Crippen molar-refractivity contribution in [3.05, 3.63) is 144 Å². The van der Waals surface area contributed by atoms with Crippen LogP contribution in [0.4, 0.5) is 0 Å². The average Bonchev–Trinajstić information content (AvgIpc) is 3.30. The maximum absolute atomic E-state index is 13.8. The number of aromatic nitrogens is 1. The molecule has 1 atom stereocenters. The molecule has 42 heavy (non-hydrogen) atoms. The van der Waals surface area contributed by atoms with Crippen molar-refractivity contribution < 1.29 is 14.3 Å². The van der Waals surface area contributed by atoms with Gasteiger partial charge in [0.05, 0.1) is 22.4 Å². The first-order valence-electron chi connectivity index (χ1n) is 13.6. The summed E-state index contributed by atoms with van der Waals surface area (Å²) in [4.78, 5) is 32.0. The number of ether oxygens (including phenoxy) is 2. The van der Waals surface area contributed by atoms with Crippen molar-refractivity contribution in [3.8, 4) is 5.75 Å². The molecule has 0 amide bonds. The SMILES string of the molecule is CCOC(=O)C1=C(C)N=c2s/c(=C\c3ccc(OCc4cccc5ccccc45)cc3)c(=O)n2[C@H]1c1ccccc1Cl. The zero-order valence-electron chi connectivity index (χ0n) is 23.0. The third-order valence-corrected chi connectivity index (χ3v) is 8.50. The number of fused-ring (bicyclic) bond motifs is 2. The molecule has 1 aromatic heterocycles. The Kier molecular flexibility index (Phi) is 7.78. The third kappa shape index (κ3) is 5.29. The van der Waals surface area contributed by atoms with Crippen LogP contribution in [0.3, 0.4) is 0 Å². The molecule has 210 valence electrons. The molecule has 1 aliphatic heterocycles. The Morgan fingerprint density at radius 2 is 1.74 bits per heavy atom. The fourth-order valence-electron chi connectivity index (χ4n) is 5.17. The molecule has 4 aromatic carbocycles. The molecule has 0 saturated heterocycles. The van der Waals surface area contributed by atoms with Crippen molar-refractivity contribution in [2.75, 3.05) is 6.61 Å². The topological polar surface area (TPSA) is 69.9 Å². The molecule has 0 radical (unpaired) electrons. The molecule has 6 rings (SSSR count). The van der Waals surface area contributed by atoms with E-state index in [0.29, 0.717) is 37.8 Å². The molecule has 0 aliphatic carbocycles. The monoisotopic (exact) mass is 594 g/mol. The van der Waals surface area contributed by atoms with Gasteiger partial charge in [0.25, 0.3) is 5.56 Å². The number of carbonyl (C=O) groups excluding carboxylic acids is 1. The molecule has 0 bridgehead atoms. The number of halogens is 1. The summed E-state index contributed by atoms with van der Waals surface area (Å²) in [5.41, 5.74) is 3.14. The Labute approximate surface area is 251 Å². The van der Waals surface area contributed by atoms with Crippen LogP contribution in [0.15, 0.2) is 112 Å². The quantitative estimate of drug-likeness (QED) is 0.211. The minimum atomic E-state index is -0.749. The lowest BCUT2D eigenvalue weighted by Gasteiger charge is -2.25. The standard InChI is InChI=1S/C34H27ClN2O4S/c1-3-40-33(39)30-21(2)36-34-37(31(30)27-13-6-7-14-28(27)35)32(38)29(42-34)19-22-15-17-25(18-16-22)41-20-24-11-8-10-23-9-4-5-12-26(23)24/h4-19,31H,3,20H2,1-2H3/b29-19-/t31-/m0/s1. The van der Waals surface area contributed by atoms with E-state index in [0.717, 1.165) is 16.9 Å². The lowest BCUT2D eigenvalue weighted by atomic mass is 9.96. The van der Waals surface area contributed by atoms with Gasteiger partial charge in [0.1, 0.15) is 18.4 Å². The first-order chi connectivity index (χ1) is 20.4. The molecule has 0 fully saturated rings. The normalized spacial score (nSPS) is 14.9. The van der Waals surface area contributed by atoms with E-state index in [1.54, 1.807) is 24.5 Å². The lowest BCUT2D eigenvalue weighted by Crippen LogP contribution is -2.40. The van der Waals surface area contributed by atoms with Crippen LogP contribution in [0.2, 0.25) is 5.02 Å². The van der Waals surface area contributed by atoms with Crippen molar-refractivity contribution in [1.82, 2.24) is 4.57 Å². The summed E-state index contributed by atoms with van der Waals surface area (Å²) in [5, 5.41) is 2.80. The molecule has 0 N–H and O–H groups in total. The molecule has 0 spiro atoms. The fourth-order valence-corrected chi connectivity index (χ4v) is 6.46. The summed E-state index contributed by atoms with van der Waals surface area (Å²) in [7, 11) is 0. The van der Waals surface area contributed by atoms with E-state index in [1.165, 1.54) is 22.1 Å². The van der Waals surface area contributed by atoms with Crippen LogP contribution < -0.4 is 19.6 Å². The van der Waals surface area contributed by atoms with Crippen molar-refractivity contribution in [3.63, 3.8) is 0 Å². The van der Waals surface area contributed by atoms with E-state index in [9.17, 15) is 9.59 Å². The Morgan fingerprint density at radius 3 is 2.52 bits per heavy atom. The number of nitrogens with zero attached hydrogens (tertiary/aromatic N) is 2. The maximum Gasteiger partial charge on any atom is 0.338 e. The summed E-state index contributed by atoms with van der Waals surface area (Å²) in [6.45, 7) is 4.15. The number of allylic oxidation sites excluding steroid dienone is 1. The Balaban J connectivity index is 1.32. The van der Waals surface area contributed by atoms with Crippen LogP contribution in [0.25, 0.3) is 16.8 Å². The first kappa shape index (κ1) is 27.7. The number of thiazole rings is 1. The minimum absolute atomic E-state index is 0.205. The highest BCUT2D eigenvalue weighted by Gasteiger charge is 2.34. The Bertz CT molecular complexity index is 2020. The van der Waals surface area contributed by atoms with Gasteiger partial charge in [-0.05, 0) is 65.6 Å². The van der Waals surface area contributed by atoms with E-state index in [1.807, 2.05) is 66.7 Å². The number of carbonyl (C=O) groups is 1. The van der Waals surface area contributed by atoms with Gasteiger partial charge in [-0.15, -0.1) is 0 Å². The van der Waals surface area contributed by atoms with Gasteiger partial charge in [-0.2, -0.15) is 0 Å². The lowest BCUT2D eigenvalue weighted by molar-refractivity contribution is -0.139. The van der Waals surface area contributed by atoms with Crippen LogP contribution in [0.5, 0.6) is 5.75 Å². The van der Waals surface area contributed by atoms with Crippen LogP contribution in [-0.2, 0) is 16.1 Å². The summed E-state index contributed by atoms with van der Waals surface area (Å²) in [6.07, 6.45) is 1.82. The zero-order chi connectivity index (χ0) is 29.2. The van der Waals surface area contributed by atoms with Crippen molar-refractivity contribution in [2.45, 2.75) is 26.5 Å². The van der Waals surface area contributed by atoms with Crippen LogP contribution >= 0.6 is 22.9 Å². The van der Waals surface area contributed by atoms with E-state index in [4.69, 9.17) is 21.1 Å². The Hall–Kier alpha value is -4.46. The van der Waals surface area contributed by atoms with Crippen LogP contribution in [0, 0.1) is 0 Å². The third-order valence-electron chi connectivity index (χ3n) is 7.17. The van der Waals surface area contributed by atoms with Crippen molar-refractivity contribution in [2.24, 2.45) is 4.99 Å². The van der Waals surface area contributed by atoms with E-state index >= 15 is 0 Å². The highest BCUT2D eigenvalue weighted by molar-refractivity contribution is 7.07. The Morgan fingerprint density at radius 1 is 1.00 bits per heavy atom. The number of benzene rings is 4. The van der Waals surface area contributed by atoms with Gasteiger partial charge in [-0.1, -0.05) is 95.7 Å². The van der Waals surface area contributed by atoms with E-state index in [-0.39, 0.29) is 12.2 Å². The van der Waals surface area contributed by atoms with Gasteiger partial charge in [0.2, 0.25) is 0 Å². The molecule has 0 unspecified atom stereocenters. The second kappa shape index (κ2) is 11.8. The predicted molar refractivity (Wildman–Crippen MR) is 167 cm³/mol. The predicted octanol–water partition coefficient (Wildman–Crippen LogP) is 6.18. The summed E-state index contributed by atoms with van der Waals surface area (Å²) in [6, 6.07) is 28.5. The maximum atomic E-state index is 13.8. The smallest absolute Gasteiger partial charge is 0.338 e. The number of hydrogen-bond donors (Lipinski definition) is 0. The fraction of sp³-hybridized carbons (Fsp3) is 0.147. The molecule has 8 heteroatoms. The molecule has 6 nitrogen and oxygen atoms in total. The summed E-state index contributed by atoms with van der Waals surface area (Å²) >= 11 is 7.85. The number of hydrogen-bond acceptors (Lipinski definition) is 6. The van der Waals surface area contributed by atoms with Gasteiger partial charge in [0, 0.05) is 5.02 Å². The van der Waals surface area contributed by atoms with Crippen LogP contribution in [-0.4, -0.2) is 17.1 Å². The second-order valence-electron chi connectivity index (χ2n) is 9.82. The van der Waals surface area contributed by atoms with Crippen LogP contribution in [0.1, 0.15) is 36.6 Å². The second-order valence-corrected chi connectivity index (χ2v) is 11.2. The van der Waals surface area contributed by atoms with Gasteiger partial charge in [0.15, 0.2) is 4.80 Å². The number of rotatable bonds is 7. The van der Waals surface area contributed by atoms with Gasteiger partial charge in [-0.3, -0.25) is 9.36 Å². The van der Waals surface area contributed by atoms with E-state index in [2.05, 4.69) is 29.3 Å². The highest BCUT2D eigenvalue weighted by atomic mass is 35.5. The minimum Gasteiger partial charge on any atom is -0.489 e. The molecular formula is C34H27ClN2O4S. The molecular weight excluding hydrogens is 568 g/mol. The van der Waals surface area contributed by atoms with Crippen molar-refractivity contribution in [1.29, 1.82) is 0 Å². The van der Waals surface area contributed by atoms with E-state index < -0.39 is 12.0 Å². The van der Waals surface area contributed by atoms with Gasteiger partial charge in [-0.25, -0.2) is 9.79 Å². The highest BCUT2D eigenvalue weighted by Crippen LogP contribution is 2.34. The largest absolute Gasteiger partial charge is 0.489 e. The molecule has 1 aliphatic rings. The molecule has 0 saturated carbocycles. The molecule has 2 heterocycles. The average molecular weight is 595 g/mol. The van der Waals surface area contributed by atoms with Crippen molar-refractivity contribution >= 4 is 45.8 Å². The van der Waals surface area contributed by atoms with Gasteiger partial charge >= 0.3 is 5.97 Å². The molecule has 5 aromatic rings. The summed E-state index contributed by atoms with van der Waals surface area (Å²) < 4.78 is 13.5. The van der Waals surface area contributed by atoms with Gasteiger partial charge < -0.3 is 9.47 Å². The number of esters is 1. The zero-order valence-corrected chi connectivity index (χ0v) is 24.6.